The van der Waals surface area contributed by atoms with Crippen molar-refractivity contribution in [3.63, 3.8) is 0 Å². The van der Waals surface area contributed by atoms with Crippen LogP contribution in [-0.2, 0) is 6.42 Å². The summed E-state index contributed by atoms with van der Waals surface area (Å²) >= 11 is 8.10. The van der Waals surface area contributed by atoms with Crippen LogP contribution < -0.4 is 16.0 Å². The van der Waals surface area contributed by atoms with Crippen molar-refractivity contribution >= 4 is 57.1 Å². The fraction of sp³-hybridized carbons (Fsp3) is 0.409. The van der Waals surface area contributed by atoms with Gasteiger partial charge >= 0.3 is 0 Å². The van der Waals surface area contributed by atoms with Gasteiger partial charge in [-0.3, -0.25) is 0 Å². The van der Waals surface area contributed by atoms with Gasteiger partial charge in [-0.15, -0.1) is 0 Å². The lowest BCUT2D eigenvalue weighted by molar-refractivity contribution is 0.208. The Balaban J connectivity index is 1.51. The number of aromatic amines is 1. The minimum absolute atomic E-state index is 0.116. The number of nitrogens with one attached hydrogen (secondary N) is 2. The van der Waals surface area contributed by atoms with Gasteiger partial charge in [0.25, 0.3) is 0 Å². The molecule has 5 heterocycles. The summed E-state index contributed by atoms with van der Waals surface area (Å²) in [5.41, 5.74) is 9.16. The summed E-state index contributed by atoms with van der Waals surface area (Å²) in [6.07, 6.45) is 4.42. The summed E-state index contributed by atoms with van der Waals surface area (Å²) in [7, 11) is 0. The lowest BCUT2D eigenvalue weighted by atomic mass is 10.3. The second-order valence-electron chi connectivity index (χ2n) is 8.41. The van der Waals surface area contributed by atoms with E-state index in [1.807, 2.05) is 6.07 Å². The average molecular weight is 500 g/mol. The number of aliphatic hydroxyl groups excluding tert-OH is 1. The number of nitrogens with zero attached hydrogens (tertiary/aromatic N) is 6. The first kappa shape index (κ1) is 23.0. The van der Waals surface area contributed by atoms with Gasteiger partial charge in [0, 0.05) is 42.5 Å². The fourth-order valence-electron chi connectivity index (χ4n) is 4.03. The van der Waals surface area contributed by atoms with Gasteiger partial charge in [-0.05, 0) is 37.6 Å². The molecule has 0 aliphatic carbocycles. The van der Waals surface area contributed by atoms with Crippen LogP contribution in [-0.4, -0.2) is 66.8 Å². The number of hydrogen-bond donors (Lipinski definition) is 4. The van der Waals surface area contributed by atoms with Crippen molar-refractivity contribution < 1.29 is 5.11 Å². The molecule has 34 heavy (non-hydrogen) atoms. The highest BCUT2D eigenvalue weighted by molar-refractivity contribution is 7.99. The van der Waals surface area contributed by atoms with Gasteiger partial charge in [0.05, 0.1) is 22.0 Å². The Bertz CT molecular complexity index is 1350. The van der Waals surface area contributed by atoms with E-state index in [-0.39, 0.29) is 6.04 Å². The maximum Gasteiger partial charge on any atom is 0.196 e. The smallest absolute Gasteiger partial charge is 0.196 e. The zero-order valence-electron chi connectivity index (χ0n) is 18.9. The number of aromatic nitrogens is 6. The van der Waals surface area contributed by atoms with Crippen LogP contribution in [0.1, 0.15) is 26.0 Å². The van der Waals surface area contributed by atoms with Gasteiger partial charge in [-0.25, -0.2) is 24.9 Å². The molecule has 5 N–H and O–H groups in total. The molecular formula is C22H26ClN9OS. The zero-order valence-corrected chi connectivity index (χ0v) is 20.5. The van der Waals surface area contributed by atoms with Crippen molar-refractivity contribution in [1.29, 1.82) is 0 Å². The topological polar surface area (TPSA) is 142 Å². The molecule has 12 heteroatoms. The number of halogens is 1. The molecule has 2 unspecified atom stereocenters. The van der Waals surface area contributed by atoms with Crippen LogP contribution in [0.15, 0.2) is 28.6 Å². The van der Waals surface area contributed by atoms with Crippen LogP contribution in [0.4, 0.5) is 11.6 Å². The Kier molecular flexibility index (Phi) is 6.43. The molecule has 4 aromatic heterocycles. The van der Waals surface area contributed by atoms with Crippen molar-refractivity contribution in [2.75, 3.05) is 29.9 Å². The normalized spacial score (nSPS) is 17.1. The summed E-state index contributed by atoms with van der Waals surface area (Å²) in [5, 5.41) is 14.8. The van der Waals surface area contributed by atoms with E-state index in [0.29, 0.717) is 33.6 Å². The predicted octanol–water partition coefficient (Wildman–Crippen LogP) is 2.99. The number of pyridine rings is 1. The van der Waals surface area contributed by atoms with Crippen molar-refractivity contribution in [3.8, 4) is 0 Å². The Morgan fingerprint density at radius 2 is 2.21 bits per heavy atom. The Hall–Kier alpha value is -2.73. The lowest BCUT2D eigenvalue weighted by Gasteiger charge is -2.18. The summed E-state index contributed by atoms with van der Waals surface area (Å²) in [6, 6.07) is 2.05. The van der Waals surface area contributed by atoms with Crippen molar-refractivity contribution in [2.45, 2.75) is 48.9 Å². The monoisotopic (exact) mass is 499 g/mol. The number of H-pyrrole nitrogens is 1. The number of rotatable bonds is 7. The Morgan fingerprint density at radius 1 is 1.35 bits per heavy atom. The summed E-state index contributed by atoms with van der Waals surface area (Å²) in [5.74, 6) is 1.39. The first-order valence-electron chi connectivity index (χ1n) is 11.2. The van der Waals surface area contributed by atoms with Crippen LogP contribution in [0.25, 0.3) is 22.1 Å². The van der Waals surface area contributed by atoms with Crippen molar-refractivity contribution in [2.24, 2.45) is 5.73 Å². The summed E-state index contributed by atoms with van der Waals surface area (Å²) < 4.78 is 0. The Morgan fingerprint density at radius 3 is 2.94 bits per heavy atom. The molecule has 0 amide bonds. The van der Waals surface area contributed by atoms with Crippen LogP contribution in [0.2, 0.25) is 5.02 Å². The van der Waals surface area contributed by atoms with E-state index in [1.54, 1.807) is 13.1 Å². The van der Waals surface area contributed by atoms with E-state index in [2.05, 4.69) is 37.1 Å². The van der Waals surface area contributed by atoms with E-state index in [1.165, 1.54) is 18.1 Å². The highest BCUT2D eigenvalue weighted by atomic mass is 35.5. The standard InChI is InChI=1S/C22H26ClN9OS/c1-3-14-17(23)16-19(29-14)30-22(31-21(16)32-5-4-12(24)9-32)34-13-6-15-18(25-8-13)20(28-10-27-15)26-7-11(2)33/h6,8,10-12,33H,3-5,7,9,24H2,1-2H3,(H,26,27,28)(H,29,30,31). The number of fused-ring (bicyclic) bond motifs is 2. The van der Waals surface area contributed by atoms with Crippen LogP contribution in [0.3, 0.4) is 0 Å². The lowest BCUT2D eigenvalue weighted by Crippen LogP contribution is -2.27. The zero-order chi connectivity index (χ0) is 23.8. The van der Waals surface area contributed by atoms with E-state index in [0.717, 1.165) is 53.4 Å². The van der Waals surface area contributed by atoms with Gasteiger partial charge in [0.1, 0.15) is 23.3 Å². The number of anilines is 2. The fourth-order valence-corrected chi connectivity index (χ4v) is 5.14. The maximum atomic E-state index is 9.55. The molecular weight excluding hydrogens is 474 g/mol. The molecule has 0 bridgehead atoms. The second-order valence-corrected chi connectivity index (χ2v) is 9.83. The average Bonchev–Trinajstić information content (AvgIpc) is 3.39. The van der Waals surface area contributed by atoms with Crippen LogP contribution >= 0.6 is 23.4 Å². The van der Waals surface area contributed by atoms with E-state index >= 15 is 0 Å². The number of aryl methyl sites for hydroxylation is 1. The minimum Gasteiger partial charge on any atom is -0.392 e. The second kappa shape index (κ2) is 9.49. The molecule has 0 radical (unpaired) electrons. The molecule has 178 valence electrons. The molecule has 10 nitrogen and oxygen atoms in total. The maximum absolute atomic E-state index is 9.55. The molecule has 1 aliphatic rings. The minimum atomic E-state index is -0.499. The molecule has 1 aliphatic heterocycles. The van der Waals surface area contributed by atoms with Crippen molar-refractivity contribution in [1.82, 2.24) is 29.9 Å². The highest BCUT2D eigenvalue weighted by Crippen LogP contribution is 2.37. The molecule has 4 aromatic rings. The molecule has 1 fully saturated rings. The van der Waals surface area contributed by atoms with Gasteiger partial charge in [0.2, 0.25) is 0 Å². The van der Waals surface area contributed by atoms with Gasteiger partial charge in [0.15, 0.2) is 11.0 Å². The van der Waals surface area contributed by atoms with E-state index in [4.69, 9.17) is 27.3 Å². The summed E-state index contributed by atoms with van der Waals surface area (Å²) in [4.78, 5) is 29.2. The third kappa shape index (κ3) is 4.48. The SMILES string of the molecule is CCc1[nH]c2nc(Sc3cnc4c(NCC(C)O)ncnc4c3)nc(N3CCC(N)C3)c2c1Cl. The molecule has 1 saturated heterocycles. The van der Waals surface area contributed by atoms with Gasteiger partial charge in [-0.2, -0.15) is 0 Å². The van der Waals surface area contributed by atoms with Crippen LogP contribution in [0.5, 0.6) is 0 Å². The van der Waals surface area contributed by atoms with E-state index in [9.17, 15) is 5.11 Å². The number of nitrogens with two attached hydrogens (primary N) is 1. The number of hydrogen-bond acceptors (Lipinski definition) is 10. The first-order chi connectivity index (χ1) is 16.4. The van der Waals surface area contributed by atoms with Crippen molar-refractivity contribution in [3.05, 3.63) is 29.3 Å². The highest BCUT2D eigenvalue weighted by Gasteiger charge is 2.26. The molecule has 0 aromatic carbocycles. The van der Waals surface area contributed by atoms with Crippen LogP contribution in [0, 0.1) is 0 Å². The molecule has 2 atom stereocenters. The summed E-state index contributed by atoms with van der Waals surface area (Å²) in [6.45, 7) is 5.70. The molecule has 0 spiro atoms. The predicted molar refractivity (Wildman–Crippen MR) is 135 cm³/mol. The van der Waals surface area contributed by atoms with E-state index < -0.39 is 6.10 Å². The molecule has 5 rings (SSSR count). The first-order valence-corrected chi connectivity index (χ1v) is 12.4. The number of aliphatic hydroxyl groups is 1. The quantitative estimate of drug-likeness (QED) is 0.280. The van der Waals surface area contributed by atoms with Gasteiger partial charge < -0.3 is 26.0 Å². The third-order valence-electron chi connectivity index (χ3n) is 5.73. The third-order valence-corrected chi connectivity index (χ3v) is 6.97. The largest absolute Gasteiger partial charge is 0.392 e. The molecule has 0 saturated carbocycles. The Labute approximate surface area is 205 Å². The van der Waals surface area contributed by atoms with Gasteiger partial charge in [-0.1, -0.05) is 18.5 Å².